The summed E-state index contributed by atoms with van der Waals surface area (Å²) < 4.78 is 11.2. The first-order valence-electron chi connectivity index (χ1n) is 10.6. The highest BCUT2D eigenvalue weighted by Crippen LogP contribution is 2.39. The average Bonchev–Trinajstić information content (AvgIpc) is 2.79. The molecule has 0 aliphatic rings. The van der Waals surface area contributed by atoms with Crippen LogP contribution in [0.2, 0.25) is 0 Å². The molecule has 2 N–H and O–H groups in total. The normalized spacial score (nSPS) is 11.9. The number of benzene rings is 2. The van der Waals surface area contributed by atoms with E-state index >= 15 is 0 Å². The second kappa shape index (κ2) is 9.14. The van der Waals surface area contributed by atoms with Crippen molar-refractivity contribution in [2.24, 2.45) is 0 Å². The SMILES string of the molecule is CCOc1cc([C@H](Nc2cc(C)ccn2)c2ccc3ccc(C)nc3c2O)ccc1OC. The molecule has 0 spiro atoms. The molecular weight excluding hydrogens is 402 g/mol. The second-order valence-electron chi connectivity index (χ2n) is 7.67. The molecule has 0 aliphatic carbocycles. The van der Waals surface area contributed by atoms with Gasteiger partial charge in [-0.15, -0.1) is 0 Å². The molecule has 0 aliphatic heterocycles. The van der Waals surface area contributed by atoms with Crippen molar-refractivity contribution < 1.29 is 14.6 Å². The van der Waals surface area contributed by atoms with Crippen molar-refractivity contribution in [1.82, 2.24) is 9.97 Å². The molecule has 164 valence electrons. The number of phenols is 1. The largest absolute Gasteiger partial charge is 0.505 e. The summed E-state index contributed by atoms with van der Waals surface area (Å²) in [5.41, 5.74) is 4.11. The number of phenolic OH excluding ortho intramolecular Hbond substituents is 1. The van der Waals surface area contributed by atoms with E-state index in [1.165, 1.54) is 0 Å². The molecule has 0 fully saturated rings. The van der Waals surface area contributed by atoms with Crippen molar-refractivity contribution in [3.05, 3.63) is 83.2 Å². The van der Waals surface area contributed by atoms with Gasteiger partial charge in [-0.2, -0.15) is 0 Å². The van der Waals surface area contributed by atoms with Crippen LogP contribution in [0, 0.1) is 13.8 Å². The van der Waals surface area contributed by atoms with E-state index in [1.54, 1.807) is 13.3 Å². The van der Waals surface area contributed by atoms with Crippen LogP contribution in [0.5, 0.6) is 17.2 Å². The lowest BCUT2D eigenvalue weighted by atomic mass is 9.95. The summed E-state index contributed by atoms with van der Waals surface area (Å²) in [5, 5.41) is 15.6. The van der Waals surface area contributed by atoms with Gasteiger partial charge >= 0.3 is 0 Å². The van der Waals surface area contributed by atoms with Crippen LogP contribution < -0.4 is 14.8 Å². The molecule has 6 nitrogen and oxygen atoms in total. The van der Waals surface area contributed by atoms with E-state index in [1.807, 2.05) is 75.4 Å². The summed E-state index contributed by atoms with van der Waals surface area (Å²) in [5.74, 6) is 2.15. The molecule has 0 unspecified atom stereocenters. The maximum absolute atomic E-state index is 11.2. The van der Waals surface area contributed by atoms with Gasteiger partial charge < -0.3 is 19.9 Å². The predicted molar refractivity (Wildman–Crippen MR) is 127 cm³/mol. The van der Waals surface area contributed by atoms with Gasteiger partial charge in [0.1, 0.15) is 17.1 Å². The standard InChI is InChI=1S/C26H27N3O3/c1-5-32-22-15-19(9-11-21(22)31-4)24(29-23-14-16(2)12-13-27-23)20-10-8-18-7-6-17(3)28-25(18)26(20)30/h6-15,24,30H,5H2,1-4H3,(H,27,29)/t24-/m0/s1. The van der Waals surface area contributed by atoms with E-state index in [9.17, 15) is 5.11 Å². The van der Waals surface area contributed by atoms with Gasteiger partial charge in [0.2, 0.25) is 0 Å². The number of nitrogens with zero attached hydrogens (tertiary/aromatic N) is 2. The topological polar surface area (TPSA) is 76.5 Å². The number of fused-ring (bicyclic) bond motifs is 1. The minimum Gasteiger partial charge on any atom is -0.505 e. The third-order valence-corrected chi connectivity index (χ3v) is 5.35. The van der Waals surface area contributed by atoms with Crippen LogP contribution in [-0.4, -0.2) is 28.8 Å². The summed E-state index contributed by atoms with van der Waals surface area (Å²) >= 11 is 0. The number of anilines is 1. The Kier molecular flexibility index (Phi) is 6.12. The van der Waals surface area contributed by atoms with Crippen molar-refractivity contribution >= 4 is 16.7 Å². The highest BCUT2D eigenvalue weighted by molar-refractivity contribution is 5.86. The number of methoxy groups -OCH3 is 1. The Hall–Kier alpha value is -3.80. The number of aromatic nitrogens is 2. The quantitative estimate of drug-likeness (QED) is 0.400. The number of aromatic hydroxyl groups is 1. The van der Waals surface area contributed by atoms with E-state index in [-0.39, 0.29) is 11.8 Å². The summed E-state index contributed by atoms with van der Waals surface area (Å²) in [6.07, 6.45) is 1.76. The average molecular weight is 430 g/mol. The highest BCUT2D eigenvalue weighted by Gasteiger charge is 2.22. The van der Waals surface area contributed by atoms with E-state index in [4.69, 9.17) is 9.47 Å². The maximum Gasteiger partial charge on any atom is 0.161 e. The van der Waals surface area contributed by atoms with Crippen LogP contribution in [0.4, 0.5) is 5.82 Å². The van der Waals surface area contributed by atoms with Gasteiger partial charge in [-0.1, -0.05) is 24.3 Å². The third kappa shape index (κ3) is 4.30. The number of pyridine rings is 2. The minimum atomic E-state index is -0.388. The fraction of sp³-hybridized carbons (Fsp3) is 0.231. The zero-order valence-corrected chi connectivity index (χ0v) is 18.7. The van der Waals surface area contributed by atoms with Crippen LogP contribution in [0.1, 0.15) is 35.3 Å². The van der Waals surface area contributed by atoms with E-state index < -0.39 is 0 Å². The van der Waals surface area contributed by atoms with E-state index in [2.05, 4.69) is 15.3 Å². The molecule has 0 bridgehead atoms. The van der Waals surface area contributed by atoms with Crippen molar-refractivity contribution in [2.75, 3.05) is 19.0 Å². The summed E-state index contributed by atoms with van der Waals surface area (Å²) in [6.45, 7) is 6.38. The van der Waals surface area contributed by atoms with Crippen LogP contribution >= 0.6 is 0 Å². The summed E-state index contributed by atoms with van der Waals surface area (Å²) in [7, 11) is 1.62. The Bertz CT molecular complexity index is 1260. The number of aryl methyl sites for hydroxylation is 2. The minimum absolute atomic E-state index is 0.144. The van der Waals surface area contributed by atoms with Crippen molar-refractivity contribution in [3.63, 3.8) is 0 Å². The van der Waals surface area contributed by atoms with Crippen molar-refractivity contribution in [2.45, 2.75) is 26.8 Å². The lowest BCUT2D eigenvalue weighted by Gasteiger charge is -2.23. The highest BCUT2D eigenvalue weighted by atomic mass is 16.5. The van der Waals surface area contributed by atoms with Gasteiger partial charge in [0.15, 0.2) is 11.5 Å². The second-order valence-corrected chi connectivity index (χ2v) is 7.67. The first-order chi connectivity index (χ1) is 15.5. The molecule has 2 aromatic carbocycles. The molecule has 4 aromatic rings. The zero-order valence-electron chi connectivity index (χ0n) is 18.7. The number of hydrogen-bond acceptors (Lipinski definition) is 6. The van der Waals surface area contributed by atoms with Gasteiger partial charge in [0.25, 0.3) is 0 Å². The third-order valence-electron chi connectivity index (χ3n) is 5.35. The molecule has 0 saturated heterocycles. The van der Waals surface area contributed by atoms with Gasteiger partial charge in [0.05, 0.1) is 19.8 Å². The van der Waals surface area contributed by atoms with Crippen LogP contribution in [0.3, 0.4) is 0 Å². The Balaban J connectivity index is 1.88. The zero-order chi connectivity index (χ0) is 22.7. The van der Waals surface area contributed by atoms with Crippen LogP contribution in [0.15, 0.2) is 60.8 Å². The first-order valence-corrected chi connectivity index (χ1v) is 10.6. The lowest BCUT2D eigenvalue weighted by Crippen LogP contribution is -2.14. The Morgan fingerprint density at radius 3 is 2.56 bits per heavy atom. The fourth-order valence-corrected chi connectivity index (χ4v) is 3.76. The van der Waals surface area contributed by atoms with Crippen LogP contribution in [0.25, 0.3) is 10.9 Å². The number of hydrogen-bond donors (Lipinski definition) is 2. The molecule has 2 aromatic heterocycles. The Labute approximate surface area is 187 Å². The van der Waals surface area contributed by atoms with Crippen molar-refractivity contribution in [3.8, 4) is 17.2 Å². The molecule has 0 radical (unpaired) electrons. The summed E-state index contributed by atoms with van der Waals surface area (Å²) in [6, 6.07) is 17.1. The molecular formula is C26H27N3O3. The van der Waals surface area contributed by atoms with Gasteiger partial charge in [0, 0.05) is 22.8 Å². The van der Waals surface area contributed by atoms with Gasteiger partial charge in [-0.05, 0) is 62.2 Å². The molecule has 1 atom stereocenters. The Morgan fingerprint density at radius 2 is 1.81 bits per heavy atom. The molecule has 32 heavy (non-hydrogen) atoms. The number of nitrogens with one attached hydrogen (secondary N) is 1. The molecule has 0 amide bonds. The number of ether oxygens (including phenoxy) is 2. The van der Waals surface area contributed by atoms with Crippen molar-refractivity contribution in [1.29, 1.82) is 0 Å². The smallest absolute Gasteiger partial charge is 0.161 e. The predicted octanol–water partition coefficient (Wildman–Crippen LogP) is 5.56. The fourth-order valence-electron chi connectivity index (χ4n) is 3.76. The van der Waals surface area contributed by atoms with Gasteiger partial charge in [-0.3, -0.25) is 0 Å². The first kappa shape index (κ1) is 21.4. The Morgan fingerprint density at radius 1 is 1.00 bits per heavy atom. The molecule has 6 heteroatoms. The maximum atomic E-state index is 11.2. The number of rotatable bonds is 7. The van der Waals surface area contributed by atoms with Gasteiger partial charge in [-0.25, -0.2) is 9.97 Å². The molecule has 4 rings (SSSR count). The monoisotopic (exact) mass is 429 g/mol. The van der Waals surface area contributed by atoms with E-state index in [0.717, 1.165) is 22.2 Å². The lowest BCUT2D eigenvalue weighted by molar-refractivity contribution is 0.310. The molecule has 2 heterocycles. The molecule has 0 saturated carbocycles. The van der Waals surface area contributed by atoms with E-state index in [0.29, 0.717) is 35.0 Å². The van der Waals surface area contributed by atoms with Crippen LogP contribution in [-0.2, 0) is 0 Å². The summed E-state index contributed by atoms with van der Waals surface area (Å²) in [4.78, 5) is 9.03.